The molecule has 4 rings (SSSR count). The predicted octanol–water partition coefficient (Wildman–Crippen LogP) is 3.65. The SMILES string of the molecule is COc1ccc(CO[C@H]2[C@@H]3OC(C)(C)O[C@@H]3[C@H](C)O[C@@H]2[S+]([O-])c2ccccc2)cc1. The van der Waals surface area contributed by atoms with Gasteiger partial charge in [-0.05, 0) is 50.6 Å². The Labute approximate surface area is 180 Å². The second-order valence-electron chi connectivity index (χ2n) is 8.01. The molecule has 2 fully saturated rings. The summed E-state index contributed by atoms with van der Waals surface area (Å²) < 4.78 is 43.4. The van der Waals surface area contributed by atoms with Crippen molar-refractivity contribution in [1.82, 2.24) is 0 Å². The van der Waals surface area contributed by atoms with Crippen LogP contribution in [0, 0.1) is 0 Å². The van der Waals surface area contributed by atoms with E-state index in [2.05, 4.69) is 0 Å². The Balaban J connectivity index is 1.58. The lowest BCUT2D eigenvalue weighted by Crippen LogP contribution is -2.58. The number of rotatable bonds is 6. The fourth-order valence-electron chi connectivity index (χ4n) is 3.90. The van der Waals surface area contributed by atoms with E-state index in [1.807, 2.05) is 75.4 Å². The highest BCUT2D eigenvalue weighted by molar-refractivity contribution is 7.92. The van der Waals surface area contributed by atoms with Crippen LogP contribution in [-0.4, -0.2) is 47.3 Å². The molecule has 7 heteroatoms. The van der Waals surface area contributed by atoms with Gasteiger partial charge in [0.1, 0.15) is 18.0 Å². The molecule has 30 heavy (non-hydrogen) atoms. The number of fused-ring (bicyclic) bond motifs is 1. The van der Waals surface area contributed by atoms with Crippen molar-refractivity contribution in [3.05, 3.63) is 60.2 Å². The van der Waals surface area contributed by atoms with Crippen LogP contribution in [0.25, 0.3) is 0 Å². The minimum absolute atomic E-state index is 0.268. The second-order valence-corrected chi connectivity index (χ2v) is 9.54. The summed E-state index contributed by atoms with van der Waals surface area (Å²) >= 11 is -1.42. The van der Waals surface area contributed by atoms with Gasteiger partial charge in [0.05, 0.1) is 19.8 Å². The van der Waals surface area contributed by atoms with Crippen molar-refractivity contribution < 1.29 is 28.2 Å². The zero-order valence-electron chi connectivity index (χ0n) is 17.6. The summed E-state index contributed by atoms with van der Waals surface area (Å²) in [5.41, 5.74) is 0.313. The molecule has 0 radical (unpaired) electrons. The number of methoxy groups -OCH3 is 1. The van der Waals surface area contributed by atoms with Crippen LogP contribution in [0.15, 0.2) is 59.5 Å². The standard InChI is InChI=1S/C23H28O6S/c1-15-19-20(29-23(2,3)28-19)21(26-14-16-10-12-17(25-4)13-11-16)22(27-15)30(24)18-8-6-5-7-9-18/h5-13,15,19-22H,14H2,1-4H3/t15-,19+,20+,21-,22+,30?/m0/s1. The molecule has 0 N–H and O–H groups in total. The van der Waals surface area contributed by atoms with Crippen molar-refractivity contribution in [2.24, 2.45) is 0 Å². The van der Waals surface area contributed by atoms with E-state index in [4.69, 9.17) is 23.7 Å². The highest BCUT2D eigenvalue weighted by Gasteiger charge is 2.58. The van der Waals surface area contributed by atoms with E-state index in [-0.39, 0.29) is 18.3 Å². The zero-order valence-corrected chi connectivity index (χ0v) is 18.5. The predicted molar refractivity (Wildman–Crippen MR) is 113 cm³/mol. The minimum atomic E-state index is -1.42. The van der Waals surface area contributed by atoms with E-state index in [1.165, 1.54) is 0 Å². The Morgan fingerprint density at radius 2 is 1.67 bits per heavy atom. The van der Waals surface area contributed by atoms with Crippen molar-refractivity contribution in [3.63, 3.8) is 0 Å². The summed E-state index contributed by atoms with van der Waals surface area (Å²) in [4.78, 5) is 0.698. The molecule has 2 aliphatic heterocycles. The third-order valence-electron chi connectivity index (χ3n) is 5.36. The van der Waals surface area contributed by atoms with Crippen molar-refractivity contribution in [1.29, 1.82) is 0 Å². The van der Waals surface area contributed by atoms with Crippen LogP contribution in [-0.2, 0) is 36.7 Å². The molecule has 2 saturated heterocycles. The summed E-state index contributed by atoms with van der Waals surface area (Å²) in [6, 6.07) is 17.0. The van der Waals surface area contributed by atoms with Gasteiger partial charge >= 0.3 is 0 Å². The fraction of sp³-hybridized carbons (Fsp3) is 0.478. The molecule has 0 aromatic heterocycles. The van der Waals surface area contributed by atoms with Gasteiger partial charge in [0, 0.05) is 11.2 Å². The highest BCUT2D eigenvalue weighted by atomic mass is 32.2. The maximum atomic E-state index is 13.4. The Hall–Kier alpha value is -1.61. The third kappa shape index (κ3) is 4.51. The molecule has 2 aromatic carbocycles. The Bertz CT molecular complexity index is 827. The molecule has 2 aliphatic rings. The van der Waals surface area contributed by atoms with Gasteiger partial charge in [0.25, 0.3) is 5.44 Å². The average molecular weight is 433 g/mol. The molecule has 2 aromatic rings. The summed E-state index contributed by atoms with van der Waals surface area (Å²) in [7, 11) is 1.63. The van der Waals surface area contributed by atoms with Gasteiger partial charge in [-0.3, -0.25) is 0 Å². The molecule has 6 nitrogen and oxygen atoms in total. The molecule has 1 unspecified atom stereocenters. The van der Waals surface area contributed by atoms with Crippen molar-refractivity contribution >= 4 is 11.2 Å². The van der Waals surface area contributed by atoms with Gasteiger partial charge in [0.15, 0.2) is 16.8 Å². The van der Waals surface area contributed by atoms with E-state index in [0.29, 0.717) is 11.5 Å². The zero-order chi connectivity index (χ0) is 21.3. The summed E-state index contributed by atoms with van der Waals surface area (Å²) in [6.07, 6.45) is -1.48. The first-order chi connectivity index (χ1) is 14.4. The molecule has 0 saturated carbocycles. The number of hydrogen-bond acceptors (Lipinski definition) is 6. The molecule has 0 spiro atoms. The lowest BCUT2D eigenvalue weighted by molar-refractivity contribution is -0.178. The van der Waals surface area contributed by atoms with Crippen molar-refractivity contribution in [3.8, 4) is 5.75 Å². The maximum absolute atomic E-state index is 13.4. The topological polar surface area (TPSA) is 69.2 Å². The van der Waals surface area contributed by atoms with E-state index in [9.17, 15) is 4.55 Å². The fourth-order valence-corrected chi connectivity index (χ4v) is 5.35. The quantitative estimate of drug-likeness (QED) is 0.649. The Morgan fingerprint density at radius 1 is 1.00 bits per heavy atom. The third-order valence-corrected chi connectivity index (χ3v) is 6.89. The Kier molecular flexibility index (Phi) is 6.39. The first kappa shape index (κ1) is 21.6. The number of hydrogen-bond donors (Lipinski definition) is 0. The van der Waals surface area contributed by atoms with Gasteiger partial charge < -0.3 is 28.2 Å². The number of ether oxygens (including phenoxy) is 5. The lowest BCUT2D eigenvalue weighted by atomic mass is 10.0. The van der Waals surface area contributed by atoms with Crippen LogP contribution >= 0.6 is 0 Å². The lowest BCUT2D eigenvalue weighted by Gasteiger charge is -2.40. The molecule has 162 valence electrons. The van der Waals surface area contributed by atoms with Crippen LogP contribution in [0.5, 0.6) is 5.75 Å². The molecular formula is C23H28O6S. The van der Waals surface area contributed by atoms with Crippen molar-refractivity contribution in [2.75, 3.05) is 7.11 Å². The molecule has 2 heterocycles. The van der Waals surface area contributed by atoms with E-state index in [0.717, 1.165) is 11.3 Å². The van der Waals surface area contributed by atoms with Gasteiger partial charge in [-0.15, -0.1) is 0 Å². The molecule has 0 bridgehead atoms. The van der Waals surface area contributed by atoms with Gasteiger partial charge in [-0.1, -0.05) is 30.3 Å². The first-order valence-corrected chi connectivity index (χ1v) is 11.3. The van der Waals surface area contributed by atoms with Crippen LogP contribution < -0.4 is 4.74 Å². The van der Waals surface area contributed by atoms with Crippen LogP contribution in [0.1, 0.15) is 26.3 Å². The molecular weight excluding hydrogens is 404 g/mol. The molecule has 0 aliphatic carbocycles. The van der Waals surface area contributed by atoms with E-state index >= 15 is 0 Å². The summed E-state index contributed by atoms with van der Waals surface area (Å²) in [5, 5.41) is 0. The van der Waals surface area contributed by atoms with Crippen LogP contribution in [0.4, 0.5) is 0 Å². The average Bonchev–Trinajstić information content (AvgIpc) is 3.09. The second kappa shape index (κ2) is 8.86. The normalized spacial score (nSPS) is 31.2. The first-order valence-electron chi connectivity index (χ1n) is 10.1. The minimum Gasteiger partial charge on any atom is -0.609 e. The van der Waals surface area contributed by atoms with Crippen LogP contribution in [0.3, 0.4) is 0 Å². The molecule has 6 atom stereocenters. The smallest absolute Gasteiger partial charge is 0.250 e. The molecule has 0 amide bonds. The largest absolute Gasteiger partial charge is 0.609 e. The maximum Gasteiger partial charge on any atom is 0.250 e. The van der Waals surface area contributed by atoms with E-state index in [1.54, 1.807) is 7.11 Å². The van der Waals surface area contributed by atoms with Gasteiger partial charge in [0.2, 0.25) is 0 Å². The number of benzene rings is 2. The summed E-state index contributed by atoms with van der Waals surface area (Å²) in [6.45, 7) is 6.02. The van der Waals surface area contributed by atoms with E-state index < -0.39 is 28.5 Å². The van der Waals surface area contributed by atoms with Gasteiger partial charge in [-0.2, -0.15) is 0 Å². The summed E-state index contributed by atoms with van der Waals surface area (Å²) in [5.74, 6) is 0.0311. The highest BCUT2D eigenvalue weighted by Crippen LogP contribution is 2.41. The van der Waals surface area contributed by atoms with Crippen LogP contribution in [0.2, 0.25) is 0 Å². The van der Waals surface area contributed by atoms with Gasteiger partial charge in [-0.25, -0.2) is 0 Å². The Morgan fingerprint density at radius 3 is 2.33 bits per heavy atom. The van der Waals surface area contributed by atoms with Crippen molar-refractivity contribution in [2.45, 2.75) is 67.9 Å². The monoisotopic (exact) mass is 432 g/mol.